The van der Waals surface area contributed by atoms with Crippen LogP contribution in [0.2, 0.25) is 0 Å². The second-order valence-electron chi connectivity index (χ2n) is 6.43. The molecule has 0 bridgehead atoms. The van der Waals surface area contributed by atoms with Crippen LogP contribution in [0, 0.1) is 0 Å². The van der Waals surface area contributed by atoms with Crippen molar-refractivity contribution < 1.29 is 14.3 Å². The molecule has 0 atom stereocenters. The number of para-hydroxylation sites is 1. The smallest absolute Gasteiger partial charge is 0.410 e. The highest BCUT2D eigenvalue weighted by atomic mass is 16.6. The van der Waals surface area contributed by atoms with E-state index in [4.69, 9.17) is 9.47 Å². The van der Waals surface area contributed by atoms with Crippen molar-refractivity contribution in [1.82, 2.24) is 9.80 Å². The lowest BCUT2D eigenvalue weighted by molar-refractivity contribution is 0.0719. The SMILES string of the molecule is COc1ccccc1CCN1CCN(C(=O)OCc2ccccc2)CC1. The molecule has 2 aromatic rings. The van der Waals surface area contributed by atoms with Gasteiger partial charge in [0.05, 0.1) is 7.11 Å². The first-order valence-corrected chi connectivity index (χ1v) is 9.06. The topological polar surface area (TPSA) is 42.0 Å². The molecule has 1 fully saturated rings. The van der Waals surface area contributed by atoms with Crippen molar-refractivity contribution in [1.29, 1.82) is 0 Å². The van der Waals surface area contributed by atoms with Gasteiger partial charge in [-0.25, -0.2) is 4.79 Å². The van der Waals surface area contributed by atoms with Crippen molar-refractivity contribution in [2.45, 2.75) is 13.0 Å². The van der Waals surface area contributed by atoms with E-state index in [0.717, 1.165) is 37.4 Å². The van der Waals surface area contributed by atoms with Gasteiger partial charge in [-0.2, -0.15) is 0 Å². The molecule has 2 aromatic carbocycles. The summed E-state index contributed by atoms with van der Waals surface area (Å²) in [4.78, 5) is 16.4. The van der Waals surface area contributed by atoms with Gasteiger partial charge in [0.25, 0.3) is 0 Å². The Hall–Kier alpha value is -2.53. The summed E-state index contributed by atoms with van der Waals surface area (Å²) < 4.78 is 10.8. The van der Waals surface area contributed by atoms with Crippen LogP contribution in [-0.4, -0.2) is 55.7 Å². The second-order valence-corrected chi connectivity index (χ2v) is 6.43. The van der Waals surface area contributed by atoms with Crippen LogP contribution in [0.15, 0.2) is 54.6 Å². The summed E-state index contributed by atoms with van der Waals surface area (Å²) >= 11 is 0. The van der Waals surface area contributed by atoms with Gasteiger partial charge in [0.15, 0.2) is 0 Å². The molecule has 1 saturated heterocycles. The second kappa shape index (κ2) is 9.25. The van der Waals surface area contributed by atoms with E-state index in [9.17, 15) is 4.79 Å². The largest absolute Gasteiger partial charge is 0.496 e. The van der Waals surface area contributed by atoms with E-state index >= 15 is 0 Å². The van der Waals surface area contributed by atoms with Crippen LogP contribution in [0.4, 0.5) is 4.79 Å². The number of hydrogen-bond acceptors (Lipinski definition) is 4. The maximum Gasteiger partial charge on any atom is 0.410 e. The molecule has 1 amide bonds. The van der Waals surface area contributed by atoms with E-state index in [1.165, 1.54) is 5.56 Å². The van der Waals surface area contributed by atoms with Crippen molar-refractivity contribution >= 4 is 6.09 Å². The monoisotopic (exact) mass is 354 g/mol. The molecular formula is C21H26N2O3. The van der Waals surface area contributed by atoms with Gasteiger partial charge in [0.2, 0.25) is 0 Å². The third kappa shape index (κ3) is 4.99. The fourth-order valence-electron chi connectivity index (χ4n) is 3.15. The van der Waals surface area contributed by atoms with Crippen LogP contribution in [0.1, 0.15) is 11.1 Å². The molecule has 3 rings (SSSR count). The number of benzene rings is 2. The molecular weight excluding hydrogens is 328 g/mol. The summed E-state index contributed by atoms with van der Waals surface area (Å²) in [7, 11) is 1.71. The molecule has 0 saturated carbocycles. The Balaban J connectivity index is 1.40. The van der Waals surface area contributed by atoms with Crippen LogP contribution in [0.3, 0.4) is 0 Å². The molecule has 0 N–H and O–H groups in total. The van der Waals surface area contributed by atoms with Gasteiger partial charge >= 0.3 is 6.09 Å². The number of amides is 1. The fraction of sp³-hybridized carbons (Fsp3) is 0.381. The van der Waals surface area contributed by atoms with Crippen molar-refractivity contribution in [3.05, 3.63) is 65.7 Å². The Morgan fingerprint density at radius 2 is 1.65 bits per heavy atom. The summed E-state index contributed by atoms with van der Waals surface area (Å²) in [5.74, 6) is 0.940. The Bertz CT molecular complexity index is 697. The van der Waals surface area contributed by atoms with Crippen molar-refractivity contribution in [2.75, 3.05) is 39.8 Å². The number of rotatable bonds is 6. The summed E-state index contributed by atoms with van der Waals surface area (Å²) in [6.07, 6.45) is 0.723. The number of carbonyl (C=O) groups excluding carboxylic acids is 1. The molecule has 0 unspecified atom stereocenters. The molecule has 0 radical (unpaired) electrons. The minimum absolute atomic E-state index is 0.224. The third-order valence-corrected chi connectivity index (χ3v) is 4.73. The van der Waals surface area contributed by atoms with Gasteiger partial charge < -0.3 is 14.4 Å². The first-order chi connectivity index (χ1) is 12.8. The van der Waals surface area contributed by atoms with Crippen molar-refractivity contribution in [3.8, 4) is 5.75 Å². The van der Waals surface area contributed by atoms with Crippen LogP contribution < -0.4 is 4.74 Å². The maximum atomic E-state index is 12.2. The zero-order valence-electron chi connectivity index (χ0n) is 15.3. The van der Waals surface area contributed by atoms with Crippen LogP contribution in [0.5, 0.6) is 5.75 Å². The first kappa shape index (κ1) is 18.3. The minimum atomic E-state index is -0.224. The maximum absolute atomic E-state index is 12.2. The average Bonchev–Trinajstić information content (AvgIpc) is 2.72. The summed E-state index contributed by atoms with van der Waals surface area (Å²) in [5, 5.41) is 0. The summed E-state index contributed by atoms with van der Waals surface area (Å²) in [6.45, 7) is 4.45. The normalized spacial score (nSPS) is 14.9. The number of carbonyl (C=O) groups is 1. The molecule has 5 nitrogen and oxygen atoms in total. The lowest BCUT2D eigenvalue weighted by Gasteiger charge is -2.34. The summed E-state index contributed by atoms with van der Waals surface area (Å²) in [5.41, 5.74) is 2.23. The Labute approximate surface area is 155 Å². The number of hydrogen-bond donors (Lipinski definition) is 0. The minimum Gasteiger partial charge on any atom is -0.496 e. The van der Waals surface area contributed by atoms with Gasteiger partial charge in [-0.05, 0) is 23.6 Å². The molecule has 1 heterocycles. The molecule has 138 valence electrons. The van der Waals surface area contributed by atoms with Gasteiger partial charge in [-0.3, -0.25) is 4.90 Å². The molecule has 0 aliphatic carbocycles. The van der Waals surface area contributed by atoms with Crippen molar-refractivity contribution in [3.63, 3.8) is 0 Å². The predicted molar refractivity (Wildman–Crippen MR) is 101 cm³/mol. The number of methoxy groups -OCH3 is 1. The van der Waals surface area contributed by atoms with Gasteiger partial charge in [-0.1, -0.05) is 48.5 Å². The van der Waals surface area contributed by atoms with Crippen LogP contribution in [-0.2, 0) is 17.8 Å². The fourth-order valence-corrected chi connectivity index (χ4v) is 3.15. The standard InChI is InChI=1S/C21H26N2O3/c1-25-20-10-6-5-9-19(20)11-12-22-13-15-23(16-14-22)21(24)26-17-18-7-3-2-4-8-18/h2-10H,11-17H2,1H3. The van der Waals surface area contributed by atoms with Gasteiger partial charge in [0, 0.05) is 32.7 Å². The molecule has 26 heavy (non-hydrogen) atoms. The first-order valence-electron chi connectivity index (χ1n) is 9.06. The number of piperazine rings is 1. The number of nitrogens with zero attached hydrogens (tertiary/aromatic N) is 2. The molecule has 0 spiro atoms. The van der Waals surface area contributed by atoms with E-state index in [1.54, 1.807) is 12.0 Å². The molecule has 0 aromatic heterocycles. The van der Waals surface area contributed by atoms with E-state index < -0.39 is 0 Å². The Morgan fingerprint density at radius 1 is 0.962 bits per heavy atom. The van der Waals surface area contributed by atoms with E-state index in [-0.39, 0.29) is 6.09 Å². The quantitative estimate of drug-likeness (QED) is 0.799. The zero-order valence-corrected chi connectivity index (χ0v) is 15.3. The zero-order chi connectivity index (χ0) is 18.2. The Morgan fingerprint density at radius 3 is 2.38 bits per heavy atom. The van der Waals surface area contributed by atoms with Crippen molar-refractivity contribution in [2.24, 2.45) is 0 Å². The Kier molecular flexibility index (Phi) is 6.50. The highest BCUT2D eigenvalue weighted by Gasteiger charge is 2.22. The molecule has 1 aliphatic rings. The van der Waals surface area contributed by atoms with E-state index in [1.807, 2.05) is 48.5 Å². The van der Waals surface area contributed by atoms with E-state index in [2.05, 4.69) is 11.0 Å². The summed E-state index contributed by atoms with van der Waals surface area (Å²) in [6, 6.07) is 17.9. The lowest BCUT2D eigenvalue weighted by atomic mass is 10.1. The molecule has 1 aliphatic heterocycles. The third-order valence-electron chi connectivity index (χ3n) is 4.73. The molecule has 5 heteroatoms. The van der Waals surface area contributed by atoms with E-state index in [0.29, 0.717) is 19.7 Å². The average molecular weight is 354 g/mol. The number of ether oxygens (including phenoxy) is 2. The highest BCUT2D eigenvalue weighted by molar-refractivity contribution is 5.67. The van der Waals surface area contributed by atoms with Gasteiger partial charge in [-0.15, -0.1) is 0 Å². The lowest BCUT2D eigenvalue weighted by Crippen LogP contribution is -2.49. The predicted octanol–water partition coefficient (Wildman–Crippen LogP) is 3.19. The van der Waals surface area contributed by atoms with Crippen LogP contribution in [0.25, 0.3) is 0 Å². The van der Waals surface area contributed by atoms with Gasteiger partial charge in [0.1, 0.15) is 12.4 Å². The highest BCUT2D eigenvalue weighted by Crippen LogP contribution is 2.18. The van der Waals surface area contributed by atoms with Crippen LogP contribution >= 0.6 is 0 Å².